The van der Waals surface area contributed by atoms with Gasteiger partial charge in [0.2, 0.25) is 0 Å². The minimum absolute atomic E-state index is 0.222. The Morgan fingerprint density at radius 1 is 2.00 bits per heavy atom. The molecule has 7 heavy (non-hydrogen) atoms. The smallest absolute Gasteiger partial charge is 0.169 e. The lowest BCUT2D eigenvalue weighted by molar-refractivity contribution is 0.330. The van der Waals surface area contributed by atoms with Gasteiger partial charge in [-0.1, -0.05) is 0 Å². The van der Waals surface area contributed by atoms with Gasteiger partial charge in [0.15, 0.2) is 6.40 Å². The van der Waals surface area contributed by atoms with Crippen LogP contribution in [0.5, 0.6) is 0 Å². The van der Waals surface area contributed by atoms with Crippen molar-refractivity contribution in [2.45, 2.75) is 6.04 Å². The first-order chi connectivity index (χ1) is 3.43. The van der Waals surface area contributed by atoms with Gasteiger partial charge in [-0.25, -0.2) is 0 Å². The molecule has 1 aliphatic rings. The molecule has 3 heteroatoms. The largest absolute Gasteiger partial charge is 0.481 e. The third-order valence-electron chi connectivity index (χ3n) is 0.907. The van der Waals surface area contributed by atoms with Gasteiger partial charge in [-0.3, -0.25) is 4.99 Å². The van der Waals surface area contributed by atoms with Crippen molar-refractivity contribution in [2.75, 3.05) is 13.2 Å². The maximum atomic E-state index is 5.24. The molecule has 0 bridgehead atoms. The molecular formula is C4H8N2O. The second-order valence-electron chi connectivity index (χ2n) is 1.48. The molecule has 1 heterocycles. The van der Waals surface area contributed by atoms with Gasteiger partial charge in [0, 0.05) is 6.54 Å². The van der Waals surface area contributed by atoms with E-state index >= 15 is 0 Å². The van der Waals surface area contributed by atoms with E-state index in [-0.39, 0.29) is 6.04 Å². The maximum absolute atomic E-state index is 5.24. The number of ether oxygens (including phenoxy) is 1. The molecule has 0 fully saturated rings. The molecule has 0 aromatic rings. The van der Waals surface area contributed by atoms with Gasteiger partial charge in [0.25, 0.3) is 0 Å². The van der Waals surface area contributed by atoms with E-state index in [9.17, 15) is 0 Å². The molecule has 0 saturated heterocycles. The SMILES string of the molecule is NCC1COC=N1. The zero-order chi connectivity index (χ0) is 5.11. The quantitative estimate of drug-likeness (QED) is 0.477. The Morgan fingerprint density at radius 3 is 3.14 bits per heavy atom. The third-order valence-corrected chi connectivity index (χ3v) is 0.907. The van der Waals surface area contributed by atoms with Crippen molar-refractivity contribution in [3.63, 3.8) is 0 Å². The van der Waals surface area contributed by atoms with Gasteiger partial charge in [-0.05, 0) is 0 Å². The van der Waals surface area contributed by atoms with Crippen LogP contribution < -0.4 is 5.73 Å². The molecule has 0 spiro atoms. The van der Waals surface area contributed by atoms with Crippen LogP contribution in [-0.4, -0.2) is 25.6 Å². The van der Waals surface area contributed by atoms with Crippen LogP contribution in [0.1, 0.15) is 0 Å². The van der Waals surface area contributed by atoms with Crippen molar-refractivity contribution in [1.82, 2.24) is 0 Å². The summed E-state index contributed by atoms with van der Waals surface area (Å²) in [6.07, 6.45) is 1.46. The van der Waals surface area contributed by atoms with E-state index in [1.54, 1.807) is 0 Å². The summed E-state index contributed by atoms with van der Waals surface area (Å²) >= 11 is 0. The van der Waals surface area contributed by atoms with Crippen LogP contribution in [0.25, 0.3) is 0 Å². The van der Waals surface area contributed by atoms with Crippen molar-refractivity contribution in [2.24, 2.45) is 10.7 Å². The first-order valence-electron chi connectivity index (χ1n) is 2.27. The molecule has 0 radical (unpaired) electrons. The van der Waals surface area contributed by atoms with Crippen molar-refractivity contribution in [3.8, 4) is 0 Å². The number of hydrogen-bond donors (Lipinski definition) is 1. The number of nitrogens with two attached hydrogens (primary N) is 1. The zero-order valence-corrected chi connectivity index (χ0v) is 4.00. The van der Waals surface area contributed by atoms with E-state index in [2.05, 4.69) is 4.99 Å². The molecule has 1 unspecified atom stereocenters. The van der Waals surface area contributed by atoms with Crippen LogP contribution in [0.2, 0.25) is 0 Å². The monoisotopic (exact) mass is 100 g/mol. The van der Waals surface area contributed by atoms with Crippen LogP contribution in [0.3, 0.4) is 0 Å². The summed E-state index contributed by atoms with van der Waals surface area (Å²) < 4.78 is 4.78. The van der Waals surface area contributed by atoms with E-state index in [1.165, 1.54) is 6.40 Å². The predicted octanol–water partition coefficient (Wildman–Crippen LogP) is -0.628. The average molecular weight is 100 g/mol. The highest BCUT2D eigenvalue weighted by molar-refractivity contribution is 5.48. The molecule has 0 aliphatic carbocycles. The van der Waals surface area contributed by atoms with Crippen molar-refractivity contribution >= 4 is 6.40 Å². The van der Waals surface area contributed by atoms with Crippen LogP contribution in [0.4, 0.5) is 0 Å². The van der Waals surface area contributed by atoms with Crippen molar-refractivity contribution in [1.29, 1.82) is 0 Å². The molecule has 0 amide bonds. The molecule has 0 aromatic heterocycles. The lowest BCUT2D eigenvalue weighted by Gasteiger charge is -1.95. The highest BCUT2D eigenvalue weighted by atomic mass is 16.5. The summed E-state index contributed by atoms with van der Waals surface area (Å²) in [6.45, 7) is 1.26. The van der Waals surface area contributed by atoms with Gasteiger partial charge >= 0.3 is 0 Å². The summed E-state index contributed by atoms with van der Waals surface area (Å²) in [4.78, 5) is 3.88. The standard InChI is InChI=1S/C4H8N2O/c5-1-4-2-7-3-6-4/h3-4H,1-2,5H2. The van der Waals surface area contributed by atoms with Gasteiger partial charge in [0.1, 0.15) is 6.61 Å². The molecule has 0 saturated carbocycles. The molecule has 1 atom stereocenters. The van der Waals surface area contributed by atoms with E-state index in [0.717, 1.165) is 0 Å². The summed E-state index contributed by atoms with van der Waals surface area (Å²) in [5, 5.41) is 0. The van der Waals surface area contributed by atoms with Crippen LogP contribution in [-0.2, 0) is 4.74 Å². The van der Waals surface area contributed by atoms with E-state index in [4.69, 9.17) is 10.5 Å². The Bertz CT molecular complexity index is 81.8. The second kappa shape index (κ2) is 1.93. The van der Waals surface area contributed by atoms with E-state index in [0.29, 0.717) is 13.2 Å². The Balaban J connectivity index is 2.28. The molecule has 0 aromatic carbocycles. The molecule has 3 nitrogen and oxygen atoms in total. The van der Waals surface area contributed by atoms with Crippen LogP contribution >= 0.6 is 0 Å². The van der Waals surface area contributed by atoms with Crippen molar-refractivity contribution < 1.29 is 4.74 Å². The fraction of sp³-hybridized carbons (Fsp3) is 0.750. The number of aliphatic imine (C=N–C) groups is 1. The second-order valence-corrected chi connectivity index (χ2v) is 1.48. The number of hydrogen-bond acceptors (Lipinski definition) is 3. The maximum Gasteiger partial charge on any atom is 0.169 e. The average Bonchev–Trinajstić information content (AvgIpc) is 2.14. The summed E-state index contributed by atoms with van der Waals surface area (Å²) in [6, 6.07) is 0.222. The summed E-state index contributed by atoms with van der Waals surface area (Å²) in [7, 11) is 0. The van der Waals surface area contributed by atoms with Gasteiger partial charge in [-0.15, -0.1) is 0 Å². The Morgan fingerprint density at radius 2 is 2.86 bits per heavy atom. The van der Waals surface area contributed by atoms with Crippen LogP contribution in [0.15, 0.2) is 4.99 Å². The minimum Gasteiger partial charge on any atom is -0.481 e. The first kappa shape index (κ1) is 4.59. The van der Waals surface area contributed by atoms with Gasteiger partial charge in [-0.2, -0.15) is 0 Å². The molecular weight excluding hydrogens is 92.1 g/mol. The number of rotatable bonds is 1. The van der Waals surface area contributed by atoms with E-state index < -0.39 is 0 Å². The minimum atomic E-state index is 0.222. The summed E-state index contributed by atoms with van der Waals surface area (Å²) in [5.74, 6) is 0. The first-order valence-corrected chi connectivity index (χ1v) is 2.27. The molecule has 2 N–H and O–H groups in total. The zero-order valence-electron chi connectivity index (χ0n) is 4.00. The van der Waals surface area contributed by atoms with Crippen molar-refractivity contribution in [3.05, 3.63) is 0 Å². The lowest BCUT2D eigenvalue weighted by atomic mass is 10.3. The normalized spacial score (nSPS) is 27.9. The summed E-state index contributed by atoms with van der Waals surface area (Å²) in [5.41, 5.74) is 5.24. The molecule has 1 aliphatic heterocycles. The molecule has 40 valence electrons. The third kappa shape index (κ3) is 0.899. The highest BCUT2D eigenvalue weighted by Gasteiger charge is 2.06. The highest BCUT2D eigenvalue weighted by Crippen LogP contribution is 1.93. The Hall–Kier alpha value is -0.570. The van der Waals surface area contributed by atoms with Crippen LogP contribution in [0, 0.1) is 0 Å². The van der Waals surface area contributed by atoms with Gasteiger partial charge < -0.3 is 10.5 Å². The van der Waals surface area contributed by atoms with Gasteiger partial charge in [0.05, 0.1) is 6.04 Å². The topological polar surface area (TPSA) is 47.6 Å². The fourth-order valence-corrected chi connectivity index (χ4v) is 0.455. The fourth-order valence-electron chi connectivity index (χ4n) is 0.455. The predicted molar refractivity (Wildman–Crippen MR) is 27.3 cm³/mol. The lowest BCUT2D eigenvalue weighted by Crippen LogP contribution is -2.18. The molecule has 1 rings (SSSR count). The Labute approximate surface area is 42.2 Å². The number of nitrogens with zero attached hydrogens (tertiary/aromatic N) is 1. The van der Waals surface area contributed by atoms with E-state index in [1.807, 2.05) is 0 Å². The Kier molecular flexibility index (Phi) is 1.26.